The number of carbonyl (C=O) groups excluding carboxylic acids is 1. The number of hydrogen-bond acceptors (Lipinski definition) is 3. The van der Waals surface area contributed by atoms with Gasteiger partial charge in [0, 0.05) is 22.3 Å². The lowest BCUT2D eigenvalue weighted by Gasteiger charge is -2.16. The first-order valence-corrected chi connectivity index (χ1v) is 7.33. The molecule has 2 amide bonds. The van der Waals surface area contributed by atoms with E-state index in [4.69, 9.17) is 0 Å². The number of amides is 2. The van der Waals surface area contributed by atoms with Crippen LogP contribution >= 0.6 is 15.9 Å². The summed E-state index contributed by atoms with van der Waals surface area (Å²) in [7, 11) is 0. The van der Waals surface area contributed by atoms with E-state index in [1.807, 2.05) is 31.2 Å². The number of nitrogens with zero attached hydrogens (tertiary/aromatic N) is 1. The van der Waals surface area contributed by atoms with Crippen molar-refractivity contribution in [2.75, 3.05) is 5.32 Å². The Morgan fingerprint density at radius 1 is 1.23 bits per heavy atom. The number of nitro benzene ring substituents is 1. The second-order valence-electron chi connectivity index (χ2n) is 4.65. The summed E-state index contributed by atoms with van der Waals surface area (Å²) < 4.78 is 0.901. The summed E-state index contributed by atoms with van der Waals surface area (Å²) >= 11 is 3.43. The molecule has 0 aliphatic rings. The number of benzene rings is 2. The molecule has 1 unspecified atom stereocenters. The van der Waals surface area contributed by atoms with Gasteiger partial charge < -0.3 is 10.6 Å². The Kier molecular flexibility index (Phi) is 5.11. The topological polar surface area (TPSA) is 84.3 Å². The van der Waals surface area contributed by atoms with Gasteiger partial charge in [-0.25, -0.2) is 4.79 Å². The third-order valence-corrected chi connectivity index (χ3v) is 3.76. The Bertz CT molecular complexity index is 706. The Labute approximate surface area is 135 Å². The van der Waals surface area contributed by atoms with Gasteiger partial charge in [-0.2, -0.15) is 0 Å². The van der Waals surface area contributed by atoms with Gasteiger partial charge >= 0.3 is 6.03 Å². The van der Waals surface area contributed by atoms with Crippen LogP contribution in [0.5, 0.6) is 0 Å². The molecule has 0 saturated carbocycles. The molecule has 2 rings (SSSR count). The summed E-state index contributed by atoms with van der Waals surface area (Å²) in [5, 5.41) is 16.1. The highest BCUT2D eigenvalue weighted by Crippen LogP contribution is 2.23. The van der Waals surface area contributed by atoms with E-state index in [-0.39, 0.29) is 11.7 Å². The lowest BCUT2D eigenvalue weighted by atomic mass is 10.1. The van der Waals surface area contributed by atoms with E-state index in [0.717, 1.165) is 10.0 Å². The maximum Gasteiger partial charge on any atom is 0.319 e. The molecule has 1 atom stereocenters. The van der Waals surface area contributed by atoms with Gasteiger partial charge in [-0.15, -0.1) is 0 Å². The van der Waals surface area contributed by atoms with Crippen molar-refractivity contribution >= 4 is 33.3 Å². The van der Waals surface area contributed by atoms with Gasteiger partial charge in [0.05, 0.1) is 11.0 Å². The van der Waals surface area contributed by atoms with Gasteiger partial charge in [-0.05, 0) is 24.6 Å². The highest BCUT2D eigenvalue weighted by molar-refractivity contribution is 9.10. The van der Waals surface area contributed by atoms with E-state index < -0.39 is 11.0 Å². The smallest absolute Gasteiger partial charge is 0.319 e. The summed E-state index contributed by atoms with van der Waals surface area (Å²) in [4.78, 5) is 22.2. The van der Waals surface area contributed by atoms with Crippen molar-refractivity contribution in [3.63, 3.8) is 0 Å². The molecule has 0 saturated heterocycles. The van der Waals surface area contributed by atoms with Crippen LogP contribution < -0.4 is 10.6 Å². The maximum atomic E-state index is 12.0. The number of rotatable bonds is 4. The van der Waals surface area contributed by atoms with Crippen molar-refractivity contribution in [2.24, 2.45) is 0 Å². The fraction of sp³-hybridized carbons (Fsp3) is 0.133. The minimum absolute atomic E-state index is 0.0725. The lowest BCUT2D eigenvalue weighted by molar-refractivity contribution is -0.384. The normalized spacial score (nSPS) is 11.5. The zero-order valence-electron chi connectivity index (χ0n) is 11.7. The van der Waals surface area contributed by atoms with Gasteiger partial charge in [-0.1, -0.05) is 40.2 Å². The predicted octanol–water partition coefficient (Wildman–Crippen LogP) is 4.24. The quantitative estimate of drug-likeness (QED) is 0.629. The van der Waals surface area contributed by atoms with Crippen LogP contribution in [0.2, 0.25) is 0 Å². The second-order valence-corrected chi connectivity index (χ2v) is 5.50. The molecule has 0 aliphatic carbocycles. The van der Waals surface area contributed by atoms with E-state index in [1.165, 1.54) is 18.2 Å². The monoisotopic (exact) mass is 363 g/mol. The highest BCUT2D eigenvalue weighted by atomic mass is 79.9. The summed E-state index contributed by atoms with van der Waals surface area (Å²) in [6.45, 7) is 1.85. The molecule has 22 heavy (non-hydrogen) atoms. The van der Waals surface area contributed by atoms with Crippen molar-refractivity contribution in [1.29, 1.82) is 0 Å². The SMILES string of the molecule is CC(NC(=O)Nc1cccc([N+](=O)[O-])c1)c1ccccc1Br. The van der Waals surface area contributed by atoms with Crippen LogP contribution in [0.1, 0.15) is 18.5 Å². The molecule has 2 aromatic rings. The molecule has 0 aromatic heterocycles. The van der Waals surface area contributed by atoms with Crippen LogP contribution in [0.3, 0.4) is 0 Å². The van der Waals surface area contributed by atoms with Crippen molar-refractivity contribution in [3.8, 4) is 0 Å². The zero-order valence-corrected chi connectivity index (χ0v) is 13.3. The molecule has 0 radical (unpaired) electrons. The van der Waals surface area contributed by atoms with E-state index in [9.17, 15) is 14.9 Å². The lowest BCUT2D eigenvalue weighted by Crippen LogP contribution is -2.31. The van der Waals surface area contributed by atoms with Crippen LogP contribution in [0.4, 0.5) is 16.2 Å². The molecule has 2 aromatic carbocycles. The van der Waals surface area contributed by atoms with Crippen LogP contribution in [0, 0.1) is 10.1 Å². The van der Waals surface area contributed by atoms with E-state index in [2.05, 4.69) is 26.6 Å². The average molecular weight is 364 g/mol. The molecule has 0 spiro atoms. The van der Waals surface area contributed by atoms with E-state index >= 15 is 0 Å². The first kappa shape index (κ1) is 16.0. The van der Waals surface area contributed by atoms with Crippen molar-refractivity contribution in [1.82, 2.24) is 5.32 Å². The Morgan fingerprint density at radius 3 is 2.64 bits per heavy atom. The average Bonchev–Trinajstić information content (AvgIpc) is 2.47. The molecule has 0 aliphatic heterocycles. The summed E-state index contributed by atoms with van der Waals surface area (Å²) in [6.07, 6.45) is 0. The van der Waals surface area contributed by atoms with Crippen molar-refractivity contribution < 1.29 is 9.72 Å². The summed E-state index contributed by atoms with van der Waals surface area (Å²) in [5.74, 6) is 0. The van der Waals surface area contributed by atoms with Crippen LogP contribution in [-0.4, -0.2) is 11.0 Å². The Hall–Kier alpha value is -2.41. The molecule has 0 bridgehead atoms. The van der Waals surface area contributed by atoms with Crippen LogP contribution in [0.25, 0.3) is 0 Å². The molecule has 0 heterocycles. The Morgan fingerprint density at radius 2 is 1.95 bits per heavy atom. The number of urea groups is 1. The van der Waals surface area contributed by atoms with Crippen molar-refractivity contribution in [2.45, 2.75) is 13.0 Å². The highest BCUT2D eigenvalue weighted by Gasteiger charge is 2.13. The predicted molar refractivity (Wildman–Crippen MR) is 87.8 cm³/mol. The molecule has 6 nitrogen and oxygen atoms in total. The molecule has 114 valence electrons. The largest absolute Gasteiger partial charge is 0.331 e. The number of nitro groups is 1. The number of anilines is 1. The fourth-order valence-corrected chi connectivity index (χ4v) is 2.59. The Balaban J connectivity index is 2.03. The third-order valence-electron chi connectivity index (χ3n) is 3.03. The minimum Gasteiger partial charge on any atom is -0.331 e. The van der Waals surface area contributed by atoms with Gasteiger partial charge in [0.2, 0.25) is 0 Å². The minimum atomic E-state index is -0.507. The van der Waals surface area contributed by atoms with Crippen LogP contribution in [0.15, 0.2) is 53.0 Å². The number of hydrogen-bond donors (Lipinski definition) is 2. The van der Waals surface area contributed by atoms with Crippen molar-refractivity contribution in [3.05, 3.63) is 68.7 Å². The summed E-state index contributed by atoms with van der Waals surface area (Å²) in [5.41, 5.74) is 1.24. The molecule has 0 fully saturated rings. The fourth-order valence-electron chi connectivity index (χ4n) is 1.97. The molecular weight excluding hydrogens is 350 g/mol. The zero-order chi connectivity index (χ0) is 16.1. The number of halogens is 1. The first-order valence-electron chi connectivity index (χ1n) is 6.54. The molecule has 7 heteroatoms. The van der Waals surface area contributed by atoms with E-state index in [0.29, 0.717) is 5.69 Å². The molecule has 2 N–H and O–H groups in total. The van der Waals surface area contributed by atoms with E-state index in [1.54, 1.807) is 6.07 Å². The summed E-state index contributed by atoms with van der Waals surface area (Å²) in [6, 6.07) is 12.7. The van der Waals surface area contributed by atoms with Gasteiger partial charge in [-0.3, -0.25) is 10.1 Å². The number of carbonyl (C=O) groups is 1. The number of nitrogens with one attached hydrogen (secondary N) is 2. The van der Waals surface area contributed by atoms with Gasteiger partial charge in [0.25, 0.3) is 5.69 Å². The van der Waals surface area contributed by atoms with Gasteiger partial charge in [0.15, 0.2) is 0 Å². The number of non-ortho nitro benzene ring substituents is 1. The maximum absolute atomic E-state index is 12.0. The molecular formula is C15H14BrN3O3. The first-order chi connectivity index (χ1) is 10.5. The standard InChI is InChI=1S/C15H14BrN3O3/c1-10(13-7-2-3-8-14(13)16)17-15(20)18-11-5-4-6-12(9-11)19(21)22/h2-10H,1H3,(H2,17,18,20). The van der Waals surface area contributed by atoms with Crippen LogP contribution in [-0.2, 0) is 0 Å². The second kappa shape index (κ2) is 7.04. The third kappa shape index (κ3) is 4.05. The van der Waals surface area contributed by atoms with Gasteiger partial charge in [0.1, 0.15) is 0 Å².